The van der Waals surface area contributed by atoms with E-state index in [1.165, 1.54) is 17.7 Å². The molecule has 0 aliphatic heterocycles. The van der Waals surface area contributed by atoms with Gasteiger partial charge in [-0.05, 0) is 17.7 Å². The zero-order chi connectivity index (χ0) is 14.3. The summed E-state index contributed by atoms with van der Waals surface area (Å²) in [6.07, 6.45) is 1.37. The SMILES string of the molecule is N#Cc1sc2ncn(N)c(=N)c2c1-c1ccc(Cl)cc1. The lowest BCUT2D eigenvalue weighted by Gasteiger charge is -2.03. The number of nitriles is 1. The van der Waals surface area contributed by atoms with E-state index in [1.54, 1.807) is 12.1 Å². The van der Waals surface area contributed by atoms with Crippen molar-refractivity contribution in [3.8, 4) is 17.2 Å². The van der Waals surface area contributed by atoms with Crippen LogP contribution in [0.5, 0.6) is 0 Å². The lowest BCUT2D eigenvalue weighted by molar-refractivity contribution is 0.870. The van der Waals surface area contributed by atoms with Gasteiger partial charge in [0.1, 0.15) is 22.1 Å². The molecule has 2 heterocycles. The molecule has 0 amide bonds. The van der Waals surface area contributed by atoms with E-state index in [0.717, 1.165) is 10.2 Å². The molecule has 0 saturated carbocycles. The van der Waals surface area contributed by atoms with Crippen LogP contribution >= 0.6 is 22.9 Å². The van der Waals surface area contributed by atoms with E-state index in [4.69, 9.17) is 22.9 Å². The van der Waals surface area contributed by atoms with E-state index in [9.17, 15) is 5.26 Å². The number of hydrogen-bond acceptors (Lipinski definition) is 5. The predicted molar refractivity (Wildman–Crippen MR) is 78.8 cm³/mol. The van der Waals surface area contributed by atoms with E-state index in [1.807, 2.05) is 12.1 Å². The monoisotopic (exact) mass is 301 g/mol. The van der Waals surface area contributed by atoms with Gasteiger partial charge in [-0.2, -0.15) is 5.26 Å². The second-order valence-electron chi connectivity index (χ2n) is 4.11. The Kier molecular flexibility index (Phi) is 2.93. The number of nitrogen functional groups attached to an aromatic ring is 1. The summed E-state index contributed by atoms with van der Waals surface area (Å²) in [7, 11) is 0. The molecule has 2 aromatic heterocycles. The zero-order valence-electron chi connectivity index (χ0n) is 10.1. The highest BCUT2D eigenvalue weighted by atomic mass is 35.5. The van der Waals surface area contributed by atoms with Gasteiger partial charge in [-0.1, -0.05) is 23.7 Å². The molecule has 5 nitrogen and oxygen atoms in total. The second kappa shape index (κ2) is 4.63. The summed E-state index contributed by atoms with van der Waals surface area (Å²) in [6, 6.07) is 9.29. The Balaban J connectivity index is 2.45. The predicted octanol–water partition coefficient (Wildman–Crippen LogP) is 2.48. The number of halogens is 1. The second-order valence-corrected chi connectivity index (χ2v) is 5.54. The Labute approximate surface area is 123 Å². The van der Waals surface area contributed by atoms with Gasteiger partial charge in [0.25, 0.3) is 0 Å². The molecule has 0 unspecified atom stereocenters. The molecule has 1 aromatic carbocycles. The molecular formula is C13H8ClN5S. The van der Waals surface area contributed by atoms with Crippen LogP contribution in [0, 0.1) is 16.7 Å². The normalized spacial score (nSPS) is 10.6. The van der Waals surface area contributed by atoms with E-state index in [-0.39, 0.29) is 5.49 Å². The molecule has 0 spiro atoms. The van der Waals surface area contributed by atoms with Gasteiger partial charge in [-0.25, -0.2) is 9.66 Å². The maximum atomic E-state index is 9.30. The third kappa shape index (κ3) is 1.84. The number of benzene rings is 1. The highest BCUT2D eigenvalue weighted by molar-refractivity contribution is 7.19. The standard InChI is InChI=1S/C13H8ClN5S/c14-8-3-1-7(2-4-8)10-9(5-15)20-13-11(10)12(16)19(17)6-18-13/h1-4,6,16H,17H2. The largest absolute Gasteiger partial charge is 0.336 e. The van der Waals surface area contributed by atoms with Crippen LogP contribution in [-0.2, 0) is 0 Å². The van der Waals surface area contributed by atoms with Crippen molar-refractivity contribution < 1.29 is 0 Å². The van der Waals surface area contributed by atoms with Crippen molar-refractivity contribution in [3.05, 3.63) is 46.0 Å². The molecular weight excluding hydrogens is 294 g/mol. The van der Waals surface area contributed by atoms with Crippen LogP contribution in [0.4, 0.5) is 0 Å². The zero-order valence-corrected chi connectivity index (χ0v) is 11.7. The van der Waals surface area contributed by atoms with Crippen molar-refractivity contribution in [3.63, 3.8) is 0 Å². The molecule has 3 rings (SSSR count). The van der Waals surface area contributed by atoms with Crippen molar-refractivity contribution in [2.24, 2.45) is 0 Å². The molecule has 0 bridgehead atoms. The fourth-order valence-electron chi connectivity index (χ4n) is 2.00. The van der Waals surface area contributed by atoms with Gasteiger partial charge in [-0.3, -0.25) is 5.41 Å². The number of nitrogens with two attached hydrogens (primary N) is 1. The number of nitrogens with one attached hydrogen (secondary N) is 1. The van der Waals surface area contributed by atoms with Crippen molar-refractivity contribution >= 4 is 33.2 Å². The third-order valence-electron chi connectivity index (χ3n) is 2.92. The Bertz CT molecular complexity index is 901. The van der Waals surface area contributed by atoms with Gasteiger partial charge >= 0.3 is 0 Å². The summed E-state index contributed by atoms with van der Waals surface area (Å²) >= 11 is 7.14. The molecule has 0 aliphatic carbocycles. The number of rotatable bonds is 1. The maximum absolute atomic E-state index is 9.30. The first-order chi connectivity index (χ1) is 9.61. The van der Waals surface area contributed by atoms with Gasteiger partial charge in [0.05, 0.1) is 5.39 Å². The molecule has 20 heavy (non-hydrogen) atoms. The summed E-state index contributed by atoms with van der Waals surface area (Å²) in [6.45, 7) is 0. The van der Waals surface area contributed by atoms with Crippen LogP contribution < -0.4 is 11.3 Å². The Morgan fingerprint density at radius 1 is 1.35 bits per heavy atom. The average Bonchev–Trinajstić information content (AvgIpc) is 2.83. The number of aromatic nitrogens is 2. The van der Waals surface area contributed by atoms with E-state index < -0.39 is 0 Å². The minimum atomic E-state index is 0.123. The first kappa shape index (κ1) is 12.7. The van der Waals surface area contributed by atoms with Crippen LogP contribution in [0.3, 0.4) is 0 Å². The van der Waals surface area contributed by atoms with Crippen molar-refractivity contribution in [2.75, 3.05) is 5.84 Å². The quantitative estimate of drug-likeness (QED) is 0.676. The number of fused-ring (bicyclic) bond motifs is 1. The topological polar surface area (TPSA) is 91.5 Å². The fourth-order valence-corrected chi connectivity index (χ4v) is 3.09. The summed E-state index contributed by atoms with van der Waals surface area (Å²) < 4.78 is 1.13. The molecule has 98 valence electrons. The molecule has 0 aliphatic rings. The summed E-state index contributed by atoms with van der Waals surface area (Å²) in [5.74, 6) is 5.67. The van der Waals surface area contributed by atoms with Gasteiger partial charge in [0.2, 0.25) is 0 Å². The number of nitrogens with zero attached hydrogens (tertiary/aromatic N) is 3. The number of thiophene rings is 1. The molecule has 0 atom stereocenters. The molecule has 0 fully saturated rings. The van der Waals surface area contributed by atoms with Gasteiger partial charge in [0, 0.05) is 10.6 Å². The molecule has 0 radical (unpaired) electrons. The fraction of sp³-hybridized carbons (Fsp3) is 0. The summed E-state index contributed by atoms with van der Waals surface area (Å²) in [5.41, 5.74) is 1.62. The molecule has 7 heteroatoms. The van der Waals surface area contributed by atoms with Crippen LogP contribution in [0.25, 0.3) is 21.3 Å². The summed E-state index contributed by atoms with van der Waals surface area (Å²) in [5, 5.41) is 18.6. The average molecular weight is 302 g/mol. The first-order valence-electron chi connectivity index (χ1n) is 5.61. The van der Waals surface area contributed by atoms with Crippen LogP contribution in [0.2, 0.25) is 5.02 Å². The Morgan fingerprint density at radius 3 is 2.70 bits per heavy atom. The lowest BCUT2D eigenvalue weighted by Crippen LogP contribution is -2.27. The van der Waals surface area contributed by atoms with Crippen molar-refractivity contribution in [1.82, 2.24) is 9.66 Å². The van der Waals surface area contributed by atoms with Gasteiger partial charge in [-0.15, -0.1) is 11.3 Å². The van der Waals surface area contributed by atoms with Crippen LogP contribution in [0.15, 0.2) is 30.6 Å². The Morgan fingerprint density at radius 2 is 2.05 bits per heavy atom. The van der Waals surface area contributed by atoms with Crippen LogP contribution in [-0.4, -0.2) is 9.66 Å². The smallest absolute Gasteiger partial charge is 0.155 e. The van der Waals surface area contributed by atoms with Crippen molar-refractivity contribution in [2.45, 2.75) is 0 Å². The molecule has 3 N–H and O–H groups in total. The van der Waals surface area contributed by atoms with Gasteiger partial charge in [0.15, 0.2) is 5.49 Å². The molecule has 0 saturated heterocycles. The van der Waals surface area contributed by atoms with E-state index in [0.29, 0.717) is 25.7 Å². The molecule has 3 aromatic rings. The third-order valence-corrected chi connectivity index (χ3v) is 4.17. The minimum absolute atomic E-state index is 0.123. The highest BCUT2D eigenvalue weighted by Gasteiger charge is 2.17. The van der Waals surface area contributed by atoms with E-state index in [2.05, 4.69) is 11.1 Å². The maximum Gasteiger partial charge on any atom is 0.155 e. The highest BCUT2D eigenvalue weighted by Crippen LogP contribution is 2.35. The first-order valence-corrected chi connectivity index (χ1v) is 6.81. The Hall–Kier alpha value is -2.36. The van der Waals surface area contributed by atoms with E-state index >= 15 is 0 Å². The minimum Gasteiger partial charge on any atom is -0.336 e. The number of hydrogen-bond donors (Lipinski definition) is 2. The van der Waals surface area contributed by atoms with Crippen molar-refractivity contribution in [1.29, 1.82) is 10.7 Å². The summed E-state index contributed by atoms with van der Waals surface area (Å²) in [4.78, 5) is 5.31. The van der Waals surface area contributed by atoms with Crippen LogP contribution in [0.1, 0.15) is 4.88 Å². The van der Waals surface area contributed by atoms with Gasteiger partial charge < -0.3 is 5.84 Å². The lowest BCUT2D eigenvalue weighted by atomic mass is 10.0.